The molecule has 5 nitrogen and oxygen atoms in total. The molecule has 0 bridgehead atoms. The molecule has 0 spiro atoms. The zero-order valence-corrected chi connectivity index (χ0v) is 14.2. The molecule has 0 fully saturated rings. The van der Waals surface area contributed by atoms with Gasteiger partial charge in [0, 0.05) is 35.1 Å². The van der Waals surface area contributed by atoms with Crippen molar-refractivity contribution in [3.05, 3.63) is 65.6 Å². The molecule has 0 amide bonds. The molecule has 0 aliphatic carbocycles. The van der Waals surface area contributed by atoms with Gasteiger partial charge in [0.05, 0.1) is 5.69 Å². The summed E-state index contributed by atoms with van der Waals surface area (Å²) in [5.74, 6) is -0.149. The number of nitrogens with zero attached hydrogens (tertiary/aromatic N) is 3. The molecule has 0 aliphatic heterocycles. The second kappa shape index (κ2) is 7.21. The van der Waals surface area contributed by atoms with Gasteiger partial charge in [-0.2, -0.15) is 0 Å². The van der Waals surface area contributed by atoms with Gasteiger partial charge in [-0.3, -0.25) is 9.78 Å². The lowest BCUT2D eigenvalue weighted by Crippen LogP contribution is -1.98. The van der Waals surface area contributed by atoms with Gasteiger partial charge in [-0.05, 0) is 44.0 Å². The molecule has 1 aromatic carbocycles. The smallest absolute Gasteiger partial charge is 0.303 e. The van der Waals surface area contributed by atoms with Crippen molar-refractivity contribution >= 4 is 5.97 Å². The Bertz CT molecular complexity index is 905. The van der Waals surface area contributed by atoms with Crippen LogP contribution in [0.4, 0.5) is 0 Å². The highest BCUT2D eigenvalue weighted by Crippen LogP contribution is 2.23. The van der Waals surface area contributed by atoms with Crippen LogP contribution in [0.5, 0.6) is 0 Å². The highest BCUT2D eigenvalue weighted by Gasteiger charge is 2.08. The van der Waals surface area contributed by atoms with Crippen molar-refractivity contribution in [2.45, 2.75) is 26.7 Å². The van der Waals surface area contributed by atoms with Gasteiger partial charge in [0.1, 0.15) is 0 Å². The summed E-state index contributed by atoms with van der Waals surface area (Å²) in [6.07, 6.45) is 2.39. The van der Waals surface area contributed by atoms with E-state index in [0.717, 1.165) is 33.8 Å². The Hall–Kier alpha value is -3.08. The van der Waals surface area contributed by atoms with E-state index < -0.39 is 5.97 Å². The van der Waals surface area contributed by atoms with Crippen LogP contribution in [0, 0.1) is 13.8 Å². The average molecular weight is 333 g/mol. The highest BCUT2D eigenvalue weighted by atomic mass is 16.4. The summed E-state index contributed by atoms with van der Waals surface area (Å²) < 4.78 is 0. The number of aliphatic carboxylic acids is 1. The summed E-state index contributed by atoms with van der Waals surface area (Å²) in [4.78, 5) is 24.2. The number of aryl methyl sites for hydroxylation is 3. The first-order chi connectivity index (χ1) is 12.0. The fourth-order valence-corrected chi connectivity index (χ4v) is 2.68. The quantitative estimate of drug-likeness (QED) is 0.768. The van der Waals surface area contributed by atoms with E-state index in [9.17, 15) is 4.79 Å². The minimum atomic E-state index is -0.790. The molecule has 0 saturated heterocycles. The Morgan fingerprint density at radius 3 is 2.44 bits per heavy atom. The first-order valence-electron chi connectivity index (χ1n) is 8.12. The summed E-state index contributed by atoms with van der Waals surface area (Å²) >= 11 is 0. The molecule has 0 aliphatic rings. The zero-order chi connectivity index (χ0) is 17.8. The Balaban J connectivity index is 1.87. The maximum Gasteiger partial charge on any atom is 0.303 e. The van der Waals surface area contributed by atoms with Crippen molar-refractivity contribution in [3.8, 4) is 22.6 Å². The van der Waals surface area contributed by atoms with Gasteiger partial charge >= 0.3 is 5.97 Å². The standard InChI is InChI=1S/C20H19N3O2/c1-13-3-9-17(14(2)22-13)18-11-12-21-20(23-18)16-7-4-15(5-8-16)6-10-19(24)25/h3-5,7-9,11-12H,6,10H2,1-2H3,(H,24,25). The van der Waals surface area contributed by atoms with Crippen molar-refractivity contribution in [1.29, 1.82) is 0 Å². The number of benzene rings is 1. The van der Waals surface area contributed by atoms with Crippen molar-refractivity contribution < 1.29 is 9.90 Å². The minimum Gasteiger partial charge on any atom is -0.481 e. The third kappa shape index (κ3) is 4.07. The first-order valence-corrected chi connectivity index (χ1v) is 8.12. The van der Waals surface area contributed by atoms with Crippen molar-refractivity contribution in [1.82, 2.24) is 15.0 Å². The maximum atomic E-state index is 10.7. The molecule has 3 aromatic rings. The van der Waals surface area contributed by atoms with Crippen molar-refractivity contribution in [2.24, 2.45) is 0 Å². The summed E-state index contributed by atoms with van der Waals surface area (Å²) in [5.41, 5.74) is 5.64. The van der Waals surface area contributed by atoms with E-state index in [0.29, 0.717) is 12.2 Å². The summed E-state index contributed by atoms with van der Waals surface area (Å²) in [6, 6.07) is 13.6. The molecule has 3 rings (SSSR count). The molecule has 0 atom stereocenters. The van der Waals surface area contributed by atoms with Gasteiger partial charge in [0.25, 0.3) is 0 Å². The Morgan fingerprint density at radius 2 is 1.76 bits per heavy atom. The van der Waals surface area contributed by atoms with Gasteiger partial charge < -0.3 is 5.11 Å². The second-order valence-corrected chi connectivity index (χ2v) is 5.94. The zero-order valence-electron chi connectivity index (χ0n) is 14.2. The second-order valence-electron chi connectivity index (χ2n) is 5.94. The summed E-state index contributed by atoms with van der Waals surface area (Å²) in [5, 5.41) is 8.76. The van der Waals surface area contributed by atoms with Crippen LogP contribution < -0.4 is 0 Å². The molecule has 25 heavy (non-hydrogen) atoms. The van der Waals surface area contributed by atoms with Gasteiger partial charge in [0.15, 0.2) is 5.82 Å². The third-order valence-electron chi connectivity index (χ3n) is 4.00. The molecule has 126 valence electrons. The van der Waals surface area contributed by atoms with E-state index in [4.69, 9.17) is 5.11 Å². The van der Waals surface area contributed by atoms with Crippen molar-refractivity contribution in [2.75, 3.05) is 0 Å². The molecular formula is C20H19N3O2. The lowest BCUT2D eigenvalue weighted by Gasteiger charge is -2.08. The fourth-order valence-electron chi connectivity index (χ4n) is 2.68. The van der Waals surface area contributed by atoms with Crippen LogP contribution >= 0.6 is 0 Å². The van der Waals surface area contributed by atoms with E-state index >= 15 is 0 Å². The highest BCUT2D eigenvalue weighted by molar-refractivity contribution is 5.67. The van der Waals surface area contributed by atoms with Crippen LogP contribution in [0.25, 0.3) is 22.6 Å². The first kappa shape index (κ1) is 16.8. The molecule has 0 saturated carbocycles. The number of aromatic nitrogens is 3. The molecule has 0 radical (unpaired) electrons. The predicted octanol–water partition coefficient (Wildman–Crippen LogP) is 3.84. The van der Waals surface area contributed by atoms with Gasteiger partial charge in [-0.1, -0.05) is 24.3 Å². The van der Waals surface area contributed by atoms with Crippen LogP contribution in [0.2, 0.25) is 0 Å². The number of carbonyl (C=O) groups is 1. The maximum absolute atomic E-state index is 10.7. The summed E-state index contributed by atoms with van der Waals surface area (Å²) in [6.45, 7) is 3.94. The van der Waals surface area contributed by atoms with E-state index in [-0.39, 0.29) is 6.42 Å². The topological polar surface area (TPSA) is 76.0 Å². The number of pyridine rings is 1. The monoisotopic (exact) mass is 333 g/mol. The molecule has 5 heteroatoms. The third-order valence-corrected chi connectivity index (χ3v) is 4.00. The Morgan fingerprint density at radius 1 is 1.00 bits per heavy atom. The van der Waals surface area contributed by atoms with Crippen molar-refractivity contribution in [3.63, 3.8) is 0 Å². The minimum absolute atomic E-state index is 0.130. The number of carboxylic acid groups (broad SMARTS) is 1. The van der Waals surface area contributed by atoms with Crippen LogP contribution in [0.15, 0.2) is 48.7 Å². The van der Waals surface area contributed by atoms with Crippen LogP contribution in [-0.4, -0.2) is 26.0 Å². The number of rotatable bonds is 5. The lowest BCUT2D eigenvalue weighted by molar-refractivity contribution is -0.136. The molecular weight excluding hydrogens is 314 g/mol. The SMILES string of the molecule is Cc1ccc(-c2ccnc(-c3ccc(CCC(=O)O)cc3)n2)c(C)n1. The summed E-state index contributed by atoms with van der Waals surface area (Å²) in [7, 11) is 0. The Kier molecular flexibility index (Phi) is 4.84. The molecule has 2 aromatic heterocycles. The molecule has 0 unspecified atom stereocenters. The van der Waals surface area contributed by atoms with E-state index in [2.05, 4.69) is 15.0 Å². The van der Waals surface area contributed by atoms with Gasteiger partial charge in [-0.15, -0.1) is 0 Å². The largest absolute Gasteiger partial charge is 0.481 e. The fraction of sp³-hybridized carbons (Fsp3) is 0.200. The van der Waals surface area contributed by atoms with Gasteiger partial charge in [0.2, 0.25) is 0 Å². The number of carboxylic acids is 1. The molecule has 2 heterocycles. The molecule has 1 N–H and O–H groups in total. The normalized spacial score (nSPS) is 10.6. The lowest BCUT2D eigenvalue weighted by atomic mass is 10.1. The van der Waals surface area contributed by atoms with E-state index in [1.807, 2.05) is 56.3 Å². The predicted molar refractivity (Wildman–Crippen MR) is 96.1 cm³/mol. The van der Waals surface area contributed by atoms with Gasteiger partial charge in [-0.25, -0.2) is 9.97 Å². The average Bonchev–Trinajstić information content (AvgIpc) is 2.60. The Labute approximate surface area is 146 Å². The van der Waals surface area contributed by atoms with Crippen LogP contribution in [0.1, 0.15) is 23.4 Å². The van der Waals surface area contributed by atoms with E-state index in [1.54, 1.807) is 6.20 Å². The number of hydrogen-bond acceptors (Lipinski definition) is 4. The number of hydrogen-bond donors (Lipinski definition) is 1. The van der Waals surface area contributed by atoms with Crippen LogP contribution in [0.3, 0.4) is 0 Å². The van der Waals surface area contributed by atoms with Crippen LogP contribution in [-0.2, 0) is 11.2 Å². The van der Waals surface area contributed by atoms with E-state index in [1.165, 1.54) is 0 Å².